The highest BCUT2D eigenvalue weighted by Crippen LogP contribution is 2.41. The highest BCUT2D eigenvalue weighted by atomic mass is 16.3. The number of likely N-dealkylation sites (tertiary alicyclic amines) is 1. The van der Waals surface area contributed by atoms with Crippen molar-refractivity contribution >= 4 is 11.8 Å². The number of nitrogens with zero attached hydrogens (tertiary/aromatic N) is 3. The van der Waals surface area contributed by atoms with Gasteiger partial charge in [-0.25, -0.2) is 0 Å². The first-order chi connectivity index (χ1) is 13.5. The van der Waals surface area contributed by atoms with E-state index in [1.165, 1.54) is 6.92 Å². The van der Waals surface area contributed by atoms with Gasteiger partial charge < -0.3 is 14.9 Å². The van der Waals surface area contributed by atoms with Gasteiger partial charge in [0, 0.05) is 45.2 Å². The molecule has 148 valence electrons. The number of hydrogen-bond donors (Lipinski definition) is 1. The molecule has 1 N–H and O–H groups in total. The molecule has 2 heterocycles. The molecule has 1 aliphatic rings. The zero-order chi connectivity index (χ0) is 20.3. The number of likely N-dealkylation sites (N-methyl/N-ethyl adjacent to an activating group) is 1. The molecular weight excluding hydrogens is 354 g/mol. The summed E-state index contributed by atoms with van der Waals surface area (Å²) in [5.74, 6) is -0.0449. The molecule has 3 atom stereocenters. The van der Waals surface area contributed by atoms with E-state index in [2.05, 4.69) is 4.98 Å². The third-order valence-corrected chi connectivity index (χ3v) is 5.61. The molecule has 2 aromatic rings. The number of amides is 2. The average molecular weight is 381 g/mol. The summed E-state index contributed by atoms with van der Waals surface area (Å²) in [4.78, 5) is 31.7. The van der Waals surface area contributed by atoms with Crippen molar-refractivity contribution in [2.45, 2.75) is 38.3 Å². The summed E-state index contributed by atoms with van der Waals surface area (Å²) in [5.41, 5.74) is 3.17. The lowest BCUT2D eigenvalue weighted by atomic mass is 9.74. The minimum absolute atomic E-state index is 0.00392. The van der Waals surface area contributed by atoms with E-state index in [1.807, 2.05) is 49.5 Å². The zero-order valence-corrected chi connectivity index (χ0v) is 16.6. The molecule has 0 radical (unpaired) electrons. The van der Waals surface area contributed by atoms with Crippen LogP contribution in [0.1, 0.15) is 31.7 Å². The number of aliphatic hydroxyl groups excluding tert-OH is 1. The van der Waals surface area contributed by atoms with Crippen molar-refractivity contribution in [1.29, 1.82) is 0 Å². The molecule has 2 amide bonds. The SMILES string of the molecule is CCC(=O)N1[C@H](CN(C)C(C)=O)[C@@H](c2ccc(-c3cccnc3)cc2)[C@@H]1CO. The maximum absolute atomic E-state index is 12.4. The quantitative estimate of drug-likeness (QED) is 0.833. The van der Waals surface area contributed by atoms with E-state index in [1.54, 1.807) is 23.0 Å². The maximum atomic E-state index is 12.4. The number of aliphatic hydroxyl groups is 1. The number of carbonyl (C=O) groups is 2. The first-order valence-electron chi connectivity index (χ1n) is 9.62. The normalized spacial score (nSPS) is 21.1. The number of benzene rings is 1. The van der Waals surface area contributed by atoms with Crippen molar-refractivity contribution in [3.63, 3.8) is 0 Å². The largest absolute Gasteiger partial charge is 0.394 e. The van der Waals surface area contributed by atoms with Crippen LogP contribution in [0.2, 0.25) is 0 Å². The van der Waals surface area contributed by atoms with Crippen molar-refractivity contribution < 1.29 is 14.7 Å². The van der Waals surface area contributed by atoms with Gasteiger partial charge in [-0.3, -0.25) is 14.6 Å². The number of pyridine rings is 1. The van der Waals surface area contributed by atoms with E-state index in [-0.39, 0.29) is 36.4 Å². The predicted molar refractivity (Wildman–Crippen MR) is 108 cm³/mol. The number of hydrogen-bond acceptors (Lipinski definition) is 4. The number of carbonyl (C=O) groups excluding carboxylic acids is 2. The Hall–Kier alpha value is -2.73. The van der Waals surface area contributed by atoms with Gasteiger partial charge in [0.25, 0.3) is 0 Å². The molecule has 1 aromatic carbocycles. The molecule has 0 spiro atoms. The fraction of sp³-hybridized carbons (Fsp3) is 0.409. The summed E-state index contributed by atoms with van der Waals surface area (Å²) in [6, 6.07) is 11.7. The van der Waals surface area contributed by atoms with Crippen molar-refractivity contribution in [2.24, 2.45) is 0 Å². The first-order valence-corrected chi connectivity index (χ1v) is 9.62. The Kier molecular flexibility index (Phi) is 6.09. The molecule has 28 heavy (non-hydrogen) atoms. The van der Waals surface area contributed by atoms with Gasteiger partial charge in [-0.1, -0.05) is 37.3 Å². The summed E-state index contributed by atoms with van der Waals surface area (Å²) < 4.78 is 0. The molecule has 6 nitrogen and oxygen atoms in total. The monoisotopic (exact) mass is 381 g/mol. The molecule has 0 bridgehead atoms. The lowest BCUT2D eigenvalue weighted by Gasteiger charge is -2.55. The second kappa shape index (κ2) is 8.52. The Balaban J connectivity index is 1.88. The second-order valence-electron chi connectivity index (χ2n) is 7.26. The molecular formula is C22H27N3O3. The van der Waals surface area contributed by atoms with Crippen LogP contribution in [0.25, 0.3) is 11.1 Å². The lowest BCUT2D eigenvalue weighted by Crippen LogP contribution is -2.68. The van der Waals surface area contributed by atoms with E-state index < -0.39 is 0 Å². The molecule has 0 aliphatic carbocycles. The average Bonchev–Trinajstić information content (AvgIpc) is 2.71. The molecule has 1 aromatic heterocycles. The highest BCUT2D eigenvalue weighted by Gasteiger charge is 2.50. The van der Waals surface area contributed by atoms with Crippen molar-refractivity contribution in [1.82, 2.24) is 14.8 Å². The lowest BCUT2D eigenvalue weighted by molar-refractivity contribution is -0.153. The van der Waals surface area contributed by atoms with E-state index in [0.717, 1.165) is 16.7 Å². The third kappa shape index (κ3) is 3.78. The minimum atomic E-state index is -0.262. The van der Waals surface area contributed by atoms with Gasteiger partial charge in [-0.2, -0.15) is 0 Å². The van der Waals surface area contributed by atoms with E-state index in [9.17, 15) is 14.7 Å². The predicted octanol–water partition coefficient (Wildman–Crippen LogP) is 2.29. The molecule has 0 unspecified atom stereocenters. The fourth-order valence-corrected chi connectivity index (χ4v) is 3.99. The molecule has 1 saturated heterocycles. The summed E-state index contributed by atoms with van der Waals surface area (Å²) in [5, 5.41) is 9.94. The fourth-order valence-electron chi connectivity index (χ4n) is 3.99. The zero-order valence-electron chi connectivity index (χ0n) is 16.6. The van der Waals surface area contributed by atoms with Gasteiger partial charge in [0.05, 0.1) is 18.7 Å². The highest BCUT2D eigenvalue weighted by molar-refractivity contribution is 5.79. The van der Waals surface area contributed by atoms with Crippen LogP contribution in [-0.2, 0) is 9.59 Å². The van der Waals surface area contributed by atoms with E-state index in [4.69, 9.17) is 0 Å². The van der Waals surface area contributed by atoms with E-state index >= 15 is 0 Å². The Morgan fingerprint density at radius 1 is 1.14 bits per heavy atom. The van der Waals surface area contributed by atoms with Crippen molar-refractivity contribution in [2.75, 3.05) is 20.2 Å². The summed E-state index contributed by atoms with van der Waals surface area (Å²) in [6.45, 7) is 3.69. The molecule has 1 fully saturated rings. The van der Waals surface area contributed by atoms with E-state index in [0.29, 0.717) is 13.0 Å². The molecule has 6 heteroatoms. The van der Waals surface area contributed by atoms with Crippen LogP contribution in [-0.4, -0.2) is 64.0 Å². The van der Waals surface area contributed by atoms with Gasteiger partial charge in [0.1, 0.15) is 0 Å². The van der Waals surface area contributed by atoms with Crippen LogP contribution in [0.4, 0.5) is 0 Å². The topological polar surface area (TPSA) is 73.7 Å². The minimum Gasteiger partial charge on any atom is -0.394 e. The Bertz CT molecular complexity index is 823. The van der Waals surface area contributed by atoms with Crippen LogP contribution in [0, 0.1) is 0 Å². The van der Waals surface area contributed by atoms with Gasteiger partial charge in [-0.15, -0.1) is 0 Å². The van der Waals surface area contributed by atoms with Crippen LogP contribution in [0.3, 0.4) is 0 Å². The van der Waals surface area contributed by atoms with Gasteiger partial charge in [0.2, 0.25) is 11.8 Å². The molecule has 3 rings (SSSR count). The summed E-state index contributed by atoms with van der Waals surface area (Å²) >= 11 is 0. The first kappa shape index (κ1) is 20.0. The standard InChI is InChI=1S/C22H27N3O3/c1-4-21(28)25-19(13-24(3)15(2)27)22(20(25)14-26)17-9-7-16(8-10-17)18-6-5-11-23-12-18/h5-12,19-20,22,26H,4,13-14H2,1-3H3/t19-,20+,22-/m1/s1. The second-order valence-corrected chi connectivity index (χ2v) is 7.26. The number of aromatic nitrogens is 1. The van der Waals surface area contributed by atoms with Crippen LogP contribution >= 0.6 is 0 Å². The third-order valence-electron chi connectivity index (χ3n) is 5.61. The van der Waals surface area contributed by atoms with Gasteiger partial charge in [0.15, 0.2) is 0 Å². The van der Waals surface area contributed by atoms with Gasteiger partial charge in [-0.05, 0) is 22.8 Å². The Morgan fingerprint density at radius 3 is 2.39 bits per heavy atom. The summed E-state index contributed by atoms with van der Waals surface area (Å²) in [6.07, 6.45) is 3.94. The smallest absolute Gasteiger partial charge is 0.222 e. The number of rotatable bonds is 6. The van der Waals surface area contributed by atoms with Crippen molar-refractivity contribution in [3.8, 4) is 11.1 Å². The Labute approximate surface area is 165 Å². The maximum Gasteiger partial charge on any atom is 0.222 e. The molecule has 1 aliphatic heterocycles. The van der Waals surface area contributed by atoms with Crippen LogP contribution in [0.15, 0.2) is 48.8 Å². The van der Waals surface area contributed by atoms with Crippen LogP contribution < -0.4 is 0 Å². The summed E-state index contributed by atoms with van der Waals surface area (Å²) in [7, 11) is 1.74. The van der Waals surface area contributed by atoms with Crippen molar-refractivity contribution in [3.05, 3.63) is 54.4 Å². The Morgan fingerprint density at radius 2 is 1.86 bits per heavy atom. The van der Waals surface area contributed by atoms with Gasteiger partial charge >= 0.3 is 0 Å². The van der Waals surface area contributed by atoms with Crippen LogP contribution in [0.5, 0.6) is 0 Å². The molecule has 0 saturated carbocycles.